The van der Waals surface area contributed by atoms with Gasteiger partial charge in [-0.05, 0) is 16.7 Å². The van der Waals surface area contributed by atoms with Crippen LogP contribution < -0.4 is 0 Å². The summed E-state index contributed by atoms with van der Waals surface area (Å²) in [5.74, 6) is 0. The van der Waals surface area contributed by atoms with Crippen molar-refractivity contribution in [2.24, 2.45) is 0 Å². The number of rotatable bonds is 2. The van der Waals surface area contributed by atoms with Crippen LogP contribution in [0.5, 0.6) is 0 Å². The van der Waals surface area contributed by atoms with Gasteiger partial charge in [-0.15, -0.1) is 0 Å². The molecule has 0 aromatic heterocycles. The Morgan fingerprint density at radius 2 is 1.47 bits per heavy atom. The summed E-state index contributed by atoms with van der Waals surface area (Å²) >= 11 is 0. The second kappa shape index (κ2) is 4.05. The molecule has 1 aliphatic carbocycles. The number of fused-ring (bicyclic) bond motifs is 1. The van der Waals surface area contributed by atoms with Crippen molar-refractivity contribution in [2.75, 3.05) is 0 Å². The number of aliphatic hydroxyl groups is 1. The van der Waals surface area contributed by atoms with Crippen molar-refractivity contribution in [1.29, 1.82) is 0 Å². The van der Waals surface area contributed by atoms with E-state index in [0.717, 1.165) is 11.1 Å². The first kappa shape index (κ1) is 12.6. The standard InChI is InChI=1S/C17H20OSi/c1-19(2,3)16-14-11-7-8-12-15(14)17(16,18)13-9-5-4-6-10-13/h4-12,16,18H,1-3H3/t16-,17+/m0/s1. The number of benzene rings is 2. The third kappa shape index (κ3) is 1.71. The summed E-state index contributed by atoms with van der Waals surface area (Å²) < 4.78 is 0. The maximum absolute atomic E-state index is 11.4. The number of hydrogen-bond acceptors (Lipinski definition) is 1. The zero-order valence-electron chi connectivity index (χ0n) is 11.7. The van der Waals surface area contributed by atoms with Crippen molar-refractivity contribution < 1.29 is 5.11 Å². The van der Waals surface area contributed by atoms with Crippen LogP contribution in [0.25, 0.3) is 0 Å². The molecule has 1 aliphatic rings. The summed E-state index contributed by atoms with van der Waals surface area (Å²) in [6, 6.07) is 18.5. The van der Waals surface area contributed by atoms with E-state index in [1.807, 2.05) is 36.4 Å². The van der Waals surface area contributed by atoms with E-state index in [1.165, 1.54) is 5.56 Å². The van der Waals surface area contributed by atoms with Crippen LogP contribution >= 0.6 is 0 Å². The highest BCUT2D eigenvalue weighted by Gasteiger charge is 2.56. The lowest BCUT2D eigenvalue weighted by Crippen LogP contribution is -2.54. The van der Waals surface area contributed by atoms with Crippen LogP contribution in [0.1, 0.15) is 22.2 Å². The van der Waals surface area contributed by atoms with Crippen molar-refractivity contribution in [1.82, 2.24) is 0 Å². The van der Waals surface area contributed by atoms with Gasteiger partial charge in [0.05, 0.1) is 8.07 Å². The molecule has 0 aliphatic heterocycles. The Labute approximate surface area is 115 Å². The molecule has 1 N–H and O–H groups in total. The highest BCUT2D eigenvalue weighted by Crippen LogP contribution is 2.57. The minimum atomic E-state index is -1.49. The third-order valence-electron chi connectivity index (χ3n) is 4.18. The van der Waals surface area contributed by atoms with E-state index in [0.29, 0.717) is 0 Å². The maximum Gasteiger partial charge on any atom is 0.119 e. The smallest absolute Gasteiger partial charge is 0.119 e. The van der Waals surface area contributed by atoms with Gasteiger partial charge in [0, 0.05) is 5.54 Å². The van der Waals surface area contributed by atoms with Crippen molar-refractivity contribution in [3.05, 3.63) is 71.3 Å². The summed E-state index contributed by atoms with van der Waals surface area (Å²) in [7, 11) is -1.49. The molecule has 0 unspecified atom stereocenters. The van der Waals surface area contributed by atoms with Crippen LogP contribution in [-0.2, 0) is 5.60 Å². The van der Waals surface area contributed by atoms with Gasteiger partial charge in [0.2, 0.25) is 0 Å². The van der Waals surface area contributed by atoms with Crippen molar-refractivity contribution in [3.63, 3.8) is 0 Å². The van der Waals surface area contributed by atoms with Crippen LogP contribution in [-0.4, -0.2) is 13.2 Å². The average molecular weight is 268 g/mol. The first-order valence-corrected chi connectivity index (χ1v) is 10.4. The molecule has 3 rings (SSSR count). The van der Waals surface area contributed by atoms with Gasteiger partial charge in [0.1, 0.15) is 5.60 Å². The van der Waals surface area contributed by atoms with Crippen LogP contribution in [0.15, 0.2) is 54.6 Å². The van der Waals surface area contributed by atoms with Gasteiger partial charge in [-0.3, -0.25) is 0 Å². The van der Waals surface area contributed by atoms with Gasteiger partial charge in [0.25, 0.3) is 0 Å². The molecule has 0 saturated carbocycles. The van der Waals surface area contributed by atoms with Gasteiger partial charge in [-0.1, -0.05) is 74.2 Å². The third-order valence-corrected chi connectivity index (χ3v) is 6.64. The van der Waals surface area contributed by atoms with Crippen LogP contribution in [0.4, 0.5) is 0 Å². The molecule has 0 saturated heterocycles. The molecule has 0 spiro atoms. The molecule has 2 heteroatoms. The van der Waals surface area contributed by atoms with E-state index >= 15 is 0 Å². The average Bonchev–Trinajstić information content (AvgIpc) is 2.37. The number of hydrogen-bond donors (Lipinski definition) is 1. The first-order valence-electron chi connectivity index (χ1n) is 6.83. The fourth-order valence-electron chi connectivity index (χ4n) is 3.51. The van der Waals surface area contributed by atoms with E-state index in [4.69, 9.17) is 0 Å². The second-order valence-corrected chi connectivity index (χ2v) is 11.8. The zero-order chi connectivity index (χ0) is 13.7. The van der Waals surface area contributed by atoms with Crippen LogP contribution in [0, 0.1) is 0 Å². The Morgan fingerprint density at radius 3 is 2.11 bits per heavy atom. The SMILES string of the molecule is C[Si](C)(C)[C@H]1c2ccccc2[C@]1(O)c1ccccc1. The quantitative estimate of drug-likeness (QED) is 0.819. The lowest BCUT2D eigenvalue weighted by atomic mass is 9.69. The molecule has 98 valence electrons. The van der Waals surface area contributed by atoms with E-state index < -0.39 is 13.7 Å². The predicted molar refractivity (Wildman–Crippen MR) is 82.0 cm³/mol. The molecule has 0 bridgehead atoms. The monoisotopic (exact) mass is 268 g/mol. The van der Waals surface area contributed by atoms with Gasteiger partial charge in [-0.2, -0.15) is 0 Å². The maximum atomic E-state index is 11.4. The molecule has 19 heavy (non-hydrogen) atoms. The highest BCUT2D eigenvalue weighted by molar-refractivity contribution is 6.78. The van der Waals surface area contributed by atoms with Crippen molar-refractivity contribution >= 4 is 8.07 Å². The Balaban J connectivity index is 2.20. The lowest BCUT2D eigenvalue weighted by molar-refractivity contribution is 0.0458. The molecule has 0 radical (unpaired) electrons. The van der Waals surface area contributed by atoms with Crippen LogP contribution in [0.3, 0.4) is 0 Å². The molecule has 0 fully saturated rings. The van der Waals surface area contributed by atoms with E-state index in [9.17, 15) is 5.11 Å². The molecule has 2 atom stereocenters. The molecule has 2 aromatic carbocycles. The minimum absolute atomic E-state index is 0.276. The van der Waals surface area contributed by atoms with E-state index in [1.54, 1.807) is 0 Å². The summed E-state index contributed by atoms with van der Waals surface area (Å²) in [4.78, 5) is 0. The Morgan fingerprint density at radius 1 is 0.895 bits per heavy atom. The second-order valence-electron chi connectivity index (χ2n) is 6.52. The fraction of sp³-hybridized carbons (Fsp3) is 0.294. The van der Waals surface area contributed by atoms with Crippen LogP contribution in [0.2, 0.25) is 19.6 Å². The summed E-state index contributed by atoms with van der Waals surface area (Å²) in [6.45, 7) is 7.00. The minimum Gasteiger partial charge on any atom is -0.380 e. The Bertz CT molecular complexity index is 600. The van der Waals surface area contributed by atoms with Gasteiger partial charge in [0.15, 0.2) is 0 Å². The van der Waals surface area contributed by atoms with Crippen molar-refractivity contribution in [2.45, 2.75) is 30.8 Å². The topological polar surface area (TPSA) is 20.2 Å². The largest absolute Gasteiger partial charge is 0.380 e. The van der Waals surface area contributed by atoms with E-state index in [2.05, 4.69) is 37.8 Å². The van der Waals surface area contributed by atoms with Gasteiger partial charge < -0.3 is 5.11 Å². The molecule has 0 heterocycles. The zero-order valence-corrected chi connectivity index (χ0v) is 12.7. The normalized spacial score (nSPS) is 25.6. The molecular weight excluding hydrogens is 248 g/mol. The summed E-state index contributed by atoms with van der Waals surface area (Å²) in [5.41, 5.74) is 2.95. The molecular formula is C17H20OSi. The summed E-state index contributed by atoms with van der Waals surface area (Å²) in [6.07, 6.45) is 0. The molecule has 1 nitrogen and oxygen atoms in total. The molecule has 2 aromatic rings. The Hall–Kier alpha value is -1.38. The molecule has 0 amide bonds. The highest BCUT2D eigenvalue weighted by atomic mass is 28.3. The predicted octanol–water partition coefficient (Wildman–Crippen LogP) is 3.90. The van der Waals surface area contributed by atoms with Crippen molar-refractivity contribution in [3.8, 4) is 0 Å². The Kier molecular flexibility index (Phi) is 2.70. The van der Waals surface area contributed by atoms with Gasteiger partial charge >= 0.3 is 0 Å². The first-order chi connectivity index (χ1) is 8.95. The van der Waals surface area contributed by atoms with Gasteiger partial charge in [-0.25, -0.2) is 0 Å². The fourth-order valence-corrected chi connectivity index (χ4v) is 6.27. The lowest BCUT2D eigenvalue weighted by Gasteiger charge is -2.53. The summed E-state index contributed by atoms with van der Waals surface area (Å²) in [5, 5.41) is 11.4. The van der Waals surface area contributed by atoms with E-state index in [-0.39, 0.29) is 5.54 Å².